The summed E-state index contributed by atoms with van der Waals surface area (Å²) in [6.07, 6.45) is 1.37. The summed E-state index contributed by atoms with van der Waals surface area (Å²) in [7, 11) is 0. The quantitative estimate of drug-likeness (QED) is 0.634. The van der Waals surface area contributed by atoms with E-state index in [1.54, 1.807) is 0 Å². The highest BCUT2D eigenvalue weighted by atomic mass is 16.5. The minimum Gasteiger partial charge on any atom is -0.382 e. The molecule has 1 heterocycles. The lowest BCUT2D eigenvalue weighted by molar-refractivity contribution is -0.122. The molecule has 2 amide bonds. The summed E-state index contributed by atoms with van der Waals surface area (Å²) in [5.41, 5.74) is 1.77. The van der Waals surface area contributed by atoms with Gasteiger partial charge in [0.2, 0.25) is 11.8 Å². The van der Waals surface area contributed by atoms with Crippen LogP contribution in [0.4, 0.5) is 0 Å². The van der Waals surface area contributed by atoms with Gasteiger partial charge in [-0.2, -0.15) is 0 Å². The first-order valence-corrected chi connectivity index (χ1v) is 8.64. The summed E-state index contributed by atoms with van der Waals surface area (Å²) in [5, 5.41) is 5.67. The van der Waals surface area contributed by atoms with Crippen LogP contribution in [0.15, 0.2) is 24.3 Å². The first-order chi connectivity index (χ1) is 12.1. The van der Waals surface area contributed by atoms with E-state index in [9.17, 15) is 9.59 Å². The summed E-state index contributed by atoms with van der Waals surface area (Å²) in [5.74, 6) is 0.662. The molecule has 25 heavy (non-hydrogen) atoms. The van der Waals surface area contributed by atoms with Crippen molar-refractivity contribution in [3.63, 3.8) is 0 Å². The molecule has 7 heteroatoms. The van der Waals surface area contributed by atoms with Crippen molar-refractivity contribution in [3.05, 3.63) is 30.1 Å². The molecule has 7 nitrogen and oxygen atoms in total. The number of carbonyl (C=O) groups excluding carboxylic acids is 2. The Balaban J connectivity index is 2.01. The molecule has 2 aromatic rings. The molecule has 0 saturated carbocycles. The van der Waals surface area contributed by atoms with Crippen LogP contribution >= 0.6 is 0 Å². The van der Waals surface area contributed by atoms with Gasteiger partial charge in [0.05, 0.1) is 11.0 Å². The molecule has 0 saturated heterocycles. The third-order valence-corrected chi connectivity index (χ3v) is 3.75. The van der Waals surface area contributed by atoms with Crippen molar-refractivity contribution in [2.45, 2.75) is 33.2 Å². The molecule has 2 rings (SSSR count). The standard InChI is InChI=1S/C18H26N4O3/c1-3-25-12-6-10-20-18(24)13-22-16-8-5-4-7-15(16)21-17(22)9-11-19-14(2)23/h4-5,7-8H,3,6,9-13H2,1-2H3,(H,19,23)(H,20,24). The Kier molecular flexibility index (Phi) is 7.40. The smallest absolute Gasteiger partial charge is 0.240 e. The maximum absolute atomic E-state index is 12.3. The molecule has 0 radical (unpaired) electrons. The molecule has 2 N–H and O–H groups in total. The van der Waals surface area contributed by atoms with Crippen LogP contribution < -0.4 is 10.6 Å². The Morgan fingerprint density at radius 1 is 1.20 bits per heavy atom. The van der Waals surface area contributed by atoms with Crippen molar-refractivity contribution in [1.82, 2.24) is 20.2 Å². The first kappa shape index (κ1) is 18.9. The molecule has 0 fully saturated rings. The van der Waals surface area contributed by atoms with Gasteiger partial charge in [-0.25, -0.2) is 4.98 Å². The number of nitrogens with zero attached hydrogens (tertiary/aromatic N) is 2. The fourth-order valence-electron chi connectivity index (χ4n) is 2.59. The van der Waals surface area contributed by atoms with E-state index in [4.69, 9.17) is 4.74 Å². The fraction of sp³-hybridized carbons (Fsp3) is 0.500. The van der Waals surface area contributed by atoms with Crippen LogP contribution in [0.5, 0.6) is 0 Å². The van der Waals surface area contributed by atoms with E-state index < -0.39 is 0 Å². The topological polar surface area (TPSA) is 85.2 Å². The van der Waals surface area contributed by atoms with Crippen molar-refractivity contribution >= 4 is 22.8 Å². The number of fused-ring (bicyclic) bond motifs is 1. The van der Waals surface area contributed by atoms with Gasteiger partial charge in [-0.3, -0.25) is 9.59 Å². The van der Waals surface area contributed by atoms with Crippen LogP contribution in [0, 0.1) is 0 Å². The number of ether oxygens (including phenoxy) is 1. The Morgan fingerprint density at radius 3 is 2.76 bits per heavy atom. The Hall–Kier alpha value is -2.41. The molecule has 0 unspecified atom stereocenters. The van der Waals surface area contributed by atoms with Gasteiger partial charge in [0.25, 0.3) is 0 Å². The minimum absolute atomic E-state index is 0.0552. The first-order valence-electron chi connectivity index (χ1n) is 8.64. The van der Waals surface area contributed by atoms with E-state index in [2.05, 4.69) is 15.6 Å². The molecule has 0 atom stereocenters. The number of carbonyl (C=O) groups is 2. The van der Waals surface area contributed by atoms with E-state index in [0.29, 0.717) is 32.7 Å². The summed E-state index contributed by atoms with van der Waals surface area (Å²) in [6, 6.07) is 7.73. The van der Waals surface area contributed by atoms with Crippen molar-refractivity contribution in [1.29, 1.82) is 0 Å². The zero-order valence-electron chi connectivity index (χ0n) is 14.9. The highest BCUT2D eigenvalue weighted by Crippen LogP contribution is 2.16. The Morgan fingerprint density at radius 2 is 2.00 bits per heavy atom. The average molecular weight is 346 g/mol. The van der Waals surface area contributed by atoms with Crippen molar-refractivity contribution in [3.8, 4) is 0 Å². The van der Waals surface area contributed by atoms with Gasteiger partial charge in [0, 0.05) is 39.6 Å². The summed E-state index contributed by atoms with van der Waals surface area (Å²) in [6.45, 7) is 6.06. The number of imidazole rings is 1. The van der Waals surface area contributed by atoms with Gasteiger partial charge in [-0.05, 0) is 25.5 Å². The number of hydrogen-bond acceptors (Lipinski definition) is 4. The zero-order valence-corrected chi connectivity index (χ0v) is 14.9. The lowest BCUT2D eigenvalue weighted by atomic mass is 10.3. The van der Waals surface area contributed by atoms with Gasteiger partial charge < -0.3 is 19.9 Å². The van der Waals surface area contributed by atoms with Crippen LogP contribution in [0.25, 0.3) is 11.0 Å². The van der Waals surface area contributed by atoms with E-state index in [1.165, 1.54) is 6.92 Å². The molecule has 0 spiro atoms. The van der Waals surface area contributed by atoms with Crippen LogP contribution in [0.3, 0.4) is 0 Å². The average Bonchev–Trinajstić information content (AvgIpc) is 2.92. The lowest BCUT2D eigenvalue weighted by Crippen LogP contribution is -2.30. The summed E-state index contributed by atoms with van der Waals surface area (Å²) in [4.78, 5) is 27.9. The second-order valence-corrected chi connectivity index (χ2v) is 5.74. The number of benzene rings is 1. The number of rotatable bonds is 10. The molecule has 0 aliphatic heterocycles. The Bertz CT molecular complexity index is 711. The van der Waals surface area contributed by atoms with Gasteiger partial charge in [0.15, 0.2) is 0 Å². The predicted octanol–water partition coefficient (Wildman–Crippen LogP) is 1.26. The van der Waals surface area contributed by atoms with E-state index in [0.717, 1.165) is 23.3 Å². The summed E-state index contributed by atoms with van der Waals surface area (Å²) >= 11 is 0. The fourth-order valence-corrected chi connectivity index (χ4v) is 2.59. The van der Waals surface area contributed by atoms with Crippen LogP contribution in [-0.4, -0.2) is 47.7 Å². The number of para-hydroxylation sites is 2. The third kappa shape index (κ3) is 5.86. The largest absolute Gasteiger partial charge is 0.382 e. The van der Waals surface area contributed by atoms with Crippen LogP contribution in [0.2, 0.25) is 0 Å². The van der Waals surface area contributed by atoms with Gasteiger partial charge >= 0.3 is 0 Å². The molecule has 0 aliphatic rings. The molecule has 1 aromatic heterocycles. The van der Waals surface area contributed by atoms with Crippen molar-refractivity contribution in [2.75, 3.05) is 26.3 Å². The molecule has 136 valence electrons. The molecule has 1 aromatic carbocycles. The maximum atomic E-state index is 12.3. The normalized spacial score (nSPS) is 10.8. The zero-order chi connectivity index (χ0) is 18.1. The molecule has 0 bridgehead atoms. The number of hydrogen-bond donors (Lipinski definition) is 2. The van der Waals surface area contributed by atoms with E-state index in [1.807, 2.05) is 35.8 Å². The van der Waals surface area contributed by atoms with E-state index in [-0.39, 0.29) is 18.4 Å². The third-order valence-electron chi connectivity index (χ3n) is 3.75. The second kappa shape index (κ2) is 9.78. The van der Waals surface area contributed by atoms with Crippen LogP contribution in [0.1, 0.15) is 26.1 Å². The van der Waals surface area contributed by atoms with Gasteiger partial charge in [-0.15, -0.1) is 0 Å². The van der Waals surface area contributed by atoms with Crippen molar-refractivity contribution in [2.24, 2.45) is 0 Å². The molecular formula is C18H26N4O3. The van der Waals surface area contributed by atoms with Gasteiger partial charge in [-0.1, -0.05) is 12.1 Å². The Labute approximate surface area is 147 Å². The minimum atomic E-state index is -0.0743. The monoisotopic (exact) mass is 346 g/mol. The molecule has 0 aliphatic carbocycles. The van der Waals surface area contributed by atoms with Crippen molar-refractivity contribution < 1.29 is 14.3 Å². The second-order valence-electron chi connectivity index (χ2n) is 5.74. The number of amides is 2. The summed E-state index contributed by atoms with van der Waals surface area (Å²) < 4.78 is 7.17. The van der Waals surface area contributed by atoms with E-state index >= 15 is 0 Å². The number of aromatic nitrogens is 2. The number of nitrogens with one attached hydrogen (secondary N) is 2. The van der Waals surface area contributed by atoms with Gasteiger partial charge in [0.1, 0.15) is 12.4 Å². The highest BCUT2D eigenvalue weighted by molar-refractivity contribution is 5.81. The molecular weight excluding hydrogens is 320 g/mol. The lowest BCUT2D eigenvalue weighted by Gasteiger charge is -2.10. The SMILES string of the molecule is CCOCCCNC(=O)Cn1c(CCNC(C)=O)nc2ccccc21. The highest BCUT2D eigenvalue weighted by Gasteiger charge is 2.13. The maximum Gasteiger partial charge on any atom is 0.240 e. The van der Waals surface area contributed by atoms with Crippen LogP contribution in [-0.2, 0) is 27.3 Å². The predicted molar refractivity (Wildman–Crippen MR) is 96.2 cm³/mol.